The average molecular weight is 359 g/mol. The molecule has 0 amide bonds. The quantitative estimate of drug-likeness (QED) is 0.524. The molecule has 7 heteroatoms. The SMILES string of the molecule is Cc1c2cc(-n3cc(C=O)nc3-c3ccc(C#N)c(F)c3)ccc2nn1C. The van der Waals surface area contributed by atoms with E-state index in [-0.39, 0.29) is 11.3 Å². The van der Waals surface area contributed by atoms with E-state index < -0.39 is 5.82 Å². The first kappa shape index (κ1) is 16.7. The molecule has 2 aromatic carbocycles. The lowest BCUT2D eigenvalue weighted by atomic mass is 10.1. The predicted octanol–water partition coefficient (Wildman–Crippen LogP) is 3.56. The van der Waals surface area contributed by atoms with Gasteiger partial charge in [0.25, 0.3) is 0 Å². The van der Waals surface area contributed by atoms with Gasteiger partial charge in [-0.2, -0.15) is 10.4 Å². The Balaban J connectivity index is 1.92. The molecule has 0 aliphatic carbocycles. The molecule has 0 spiro atoms. The Bertz CT molecular complexity index is 1250. The summed E-state index contributed by atoms with van der Waals surface area (Å²) in [6.45, 7) is 1.97. The summed E-state index contributed by atoms with van der Waals surface area (Å²) in [4.78, 5) is 15.6. The fourth-order valence-electron chi connectivity index (χ4n) is 3.06. The van der Waals surface area contributed by atoms with Crippen LogP contribution in [0.25, 0.3) is 28.0 Å². The Morgan fingerprint density at radius 1 is 1.22 bits per heavy atom. The van der Waals surface area contributed by atoms with Crippen molar-refractivity contribution in [3.63, 3.8) is 0 Å². The highest BCUT2D eigenvalue weighted by Gasteiger charge is 2.15. The molecule has 0 atom stereocenters. The summed E-state index contributed by atoms with van der Waals surface area (Å²) in [7, 11) is 1.88. The maximum absolute atomic E-state index is 14.1. The number of hydrogen-bond acceptors (Lipinski definition) is 4. The monoisotopic (exact) mass is 359 g/mol. The van der Waals surface area contributed by atoms with Crippen LogP contribution in [-0.4, -0.2) is 25.6 Å². The van der Waals surface area contributed by atoms with Crippen molar-refractivity contribution >= 4 is 17.2 Å². The van der Waals surface area contributed by atoms with E-state index in [1.807, 2.05) is 32.2 Å². The summed E-state index contributed by atoms with van der Waals surface area (Å²) in [6.07, 6.45) is 2.25. The van der Waals surface area contributed by atoms with Crippen molar-refractivity contribution in [3.8, 4) is 23.1 Å². The summed E-state index contributed by atoms with van der Waals surface area (Å²) in [5, 5.41) is 14.3. The van der Waals surface area contributed by atoms with Crippen LogP contribution in [-0.2, 0) is 7.05 Å². The van der Waals surface area contributed by atoms with E-state index in [9.17, 15) is 9.18 Å². The summed E-state index contributed by atoms with van der Waals surface area (Å²) in [5.74, 6) is -0.211. The first-order chi connectivity index (χ1) is 13.0. The second kappa shape index (κ2) is 6.18. The molecular formula is C20H14FN5O. The third-order valence-corrected chi connectivity index (χ3v) is 4.58. The number of rotatable bonds is 3. The first-order valence-corrected chi connectivity index (χ1v) is 8.20. The average Bonchev–Trinajstić information content (AvgIpc) is 3.23. The molecule has 6 nitrogen and oxygen atoms in total. The molecule has 0 bridgehead atoms. The number of nitrogens with zero attached hydrogens (tertiary/aromatic N) is 5. The number of aldehydes is 1. The lowest BCUT2D eigenvalue weighted by Gasteiger charge is -2.09. The molecule has 2 aromatic heterocycles. The van der Waals surface area contributed by atoms with Gasteiger partial charge >= 0.3 is 0 Å². The Labute approximate surface area is 154 Å². The molecule has 0 aliphatic heterocycles. The Kier molecular flexibility index (Phi) is 3.81. The van der Waals surface area contributed by atoms with Crippen LogP contribution in [0.15, 0.2) is 42.6 Å². The van der Waals surface area contributed by atoms with E-state index >= 15 is 0 Å². The zero-order valence-corrected chi connectivity index (χ0v) is 14.6. The van der Waals surface area contributed by atoms with Crippen LogP contribution in [0, 0.1) is 24.1 Å². The van der Waals surface area contributed by atoms with Gasteiger partial charge in [-0.05, 0) is 43.3 Å². The molecule has 0 fully saturated rings. The van der Waals surface area contributed by atoms with Gasteiger partial charge < -0.3 is 0 Å². The van der Waals surface area contributed by atoms with E-state index in [2.05, 4.69) is 10.1 Å². The van der Waals surface area contributed by atoms with Crippen molar-refractivity contribution < 1.29 is 9.18 Å². The Morgan fingerprint density at radius 2 is 2.04 bits per heavy atom. The zero-order valence-electron chi connectivity index (χ0n) is 14.6. The van der Waals surface area contributed by atoms with Crippen LogP contribution in [0.2, 0.25) is 0 Å². The van der Waals surface area contributed by atoms with Crippen molar-refractivity contribution in [2.24, 2.45) is 7.05 Å². The number of halogens is 1. The normalized spacial score (nSPS) is 10.9. The van der Waals surface area contributed by atoms with Crippen LogP contribution in [0.3, 0.4) is 0 Å². The van der Waals surface area contributed by atoms with Crippen LogP contribution < -0.4 is 0 Å². The van der Waals surface area contributed by atoms with Crippen molar-refractivity contribution in [1.29, 1.82) is 5.26 Å². The molecule has 4 aromatic rings. The Hall–Kier alpha value is -3.79. The van der Waals surface area contributed by atoms with Gasteiger partial charge in [-0.25, -0.2) is 9.37 Å². The van der Waals surface area contributed by atoms with Gasteiger partial charge in [0, 0.05) is 35.6 Å². The van der Waals surface area contributed by atoms with Crippen LogP contribution in [0.5, 0.6) is 0 Å². The number of benzene rings is 2. The largest absolute Gasteiger partial charge is 0.299 e. The summed E-state index contributed by atoms with van der Waals surface area (Å²) >= 11 is 0. The molecule has 0 N–H and O–H groups in total. The van der Waals surface area contributed by atoms with Crippen molar-refractivity contribution in [3.05, 3.63) is 65.4 Å². The van der Waals surface area contributed by atoms with E-state index in [1.165, 1.54) is 12.1 Å². The third kappa shape index (κ3) is 2.68. The lowest BCUT2D eigenvalue weighted by Crippen LogP contribution is -1.97. The number of aryl methyl sites for hydroxylation is 2. The maximum Gasteiger partial charge on any atom is 0.170 e. The van der Waals surface area contributed by atoms with Crippen LogP contribution in [0.1, 0.15) is 21.7 Å². The molecule has 27 heavy (non-hydrogen) atoms. The molecule has 0 radical (unpaired) electrons. The smallest absolute Gasteiger partial charge is 0.170 e. The van der Waals surface area contributed by atoms with E-state index in [0.29, 0.717) is 17.7 Å². The van der Waals surface area contributed by atoms with Gasteiger partial charge in [-0.15, -0.1) is 0 Å². The second-order valence-electron chi connectivity index (χ2n) is 6.19. The lowest BCUT2D eigenvalue weighted by molar-refractivity contribution is 0.111. The predicted molar refractivity (Wildman–Crippen MR) is 98.1 cm³/mol. The van der Waals surface area contributed by atoms with Gasteiger partial charge in [0.2, 0.25) is 0 Å². The number of carbonyl (C=O) groups is 1. The molecule has 0 aliphatic rings. The summed E-state index contributed by atoms with van der Waals surface area (Å²) in [6, 6.07) is 11.8. The molecular weight excluding hydrogens is 345 g/mol. The summed E-state index contributed by atoms with van der Waals surface area (Å²) < 4.78 is 17.6. The van der Waals surface area contributed by atoms with Gasteiger partial charge in [0.1, 0.15) is 23.4 Å². The fourth-order valence-corrected chi connectivity index (χ4v) is 3.06. The van der Waals surface area contributed by atoms with Crippen molar-refractivity contribution in [1.82, 2.24) is 19.3 Å². The number of nitriles is 1. The van der Waals surface area contributed by atoms with Gasteiger partial charge in [0.05, 0.1) is 11.1 Å². The van der Waals surface area contributed by atoms with Gasteiger partial charge in [-0.3, -0.25) is 14.0 Å². The van der Waals surface area contributed by atoms with E-state index in [1.54, 1.807) is 27.6 Å². The molecule has 0 unspecified atom stereocenters. The third-order valence-electron chi connectivity index (χ3n) is 4.58. The number of imidazole rings is 1. The molecule has 2 heterocycles. The Morgan fingerprint density at radius 3 is 2.74 bits per heavy atom. The molecule has 0 saturated carbocycles. The van der Waals surface area contributed by atoms with E-state index in [0.717, 1.165) is 22.3 Å². The van der Waals surface area contributed by atoms with Crippen LogP contribution >= 0.6 is 0 Å². The summed E-state index contributed by atoms with van der Waals surface area (Å²) in [5.41, 5.74) is 3.31. The van der Waals surface area contributed by atoms with Gasteiger partial charge in [0.15, 0.2) is 6.29 Å². The zero-order chi connectivity index (χ0) is 19.1. The standard InChI is InChI=1S/C20H14FN5O/c1-12-17-8-16(5-6-19(17)24-25(12)2)26-10-15(11-27)23-20(26)13-3-4-14(9-22)18(21)7-13/h3-8,10-11H,1-2H3. The number of hydrogen-bond donors (Lipinski definition) is 0. The maximum atomic E-state index is 14.1. The molecule has 132 valence electrons. The number of aromatic nitrogens is 4. The number of carbonyl (C=O) groups excluding carboxylic acids is 1. The molecule has 0 saturated heterocycles. The minimum atomic E-state index is -0.629. The highest BCUT2D eigenvalue weighted by Crippen LogP contribution is 2.27. The van der Waals surface area contributed by atoms with Gasteiger partial charge in [-0.1, -0.05) is 0 Å². The van der Waals surface area contributed by atoms with E-state index in [4.69, 9.17) is 5.26 Å². The minimum absolute atomic E-state index is 0.0418. The highest BCUT2D eigenvalue weighted by atomic mass is 19.1. The topological polar surface area (TPSA) is 76.5 Å². The number of fused-ring (bicyclic) bond motifs is 1. The van der Waals surface area contributed by atoms with Crippen molar-refractivity contribution in [2.45, 2.75) is 6.92 Å². The second-order valence-corrected chi connectivity index (χ2v) is 6.19. The highest BCUT2D eigenvalue weighted by molar-refractivity contribution is 5.84. The van der Waals surface area contributed by atoms with Crippen molar-refractivity contribution in [2.75, 3.05) is 0 Å². The van der Waals surface area contributed by atoms with Crippen LogP contribution in [0.4, 0.5) is 4.39 Å². The minimum Gasteiger partial charge on any atom is -0.299 e. The first-order valence-electron chi connectivity index (χ1n) is 8.20. The fraction of sp³-hybridized carbons (Fsp3) is 0.100. The molecule has 4 rings (SSSR count).